The van der Waals surface area contributed by atoms with Crippen LogP contribution in [-0.4, -0.2) is 17.1 Å². The number of hydrogen-bond acceptors (Lipinski definition) is 2. The average Bonchev–Trinajstić information content (AvgIpc) is 2.17. The number of pyridine rings is 1. The number of hydrogen-bond donors (Lipinski definition) is 1. The second-order valence-electron chi connectivity index (χ2n) is 2.95. The summed E-state index contributed by atoms with van der Waals surface area (Å²) in [4.78, 5) is 14.4. The summed E-state index contributed by atoms with van der Waals surface area (Å²) in [7, 11) is 0. The summed E-state index contributed by atoms with van der Waals surface area (Å²) in [6.45, 7) is 1.44. The van der Waals surface area contributed by atoms with Gasteiger partial charge in [-0.05, 0) is 19.1 Å². The van der Waals surface area contributed by atoms with E-state index < -0.39 is 18.1 Å². The summed E-state index contributed by atoms with van der Waals surface area (Å²) in [5, 5.41) is 1.81. The first-order valence-corrected chi connectivity index (χ1v) is 4.20. The van der Waals surface area contributed by atoms with Gasteiger partial charge in [0.05, 0.1) is 11.7 Å². The molecule has 0 aliphatic rings. The van der Waals surface area contributed by atoms with Crippen molar-refractivity contribution in [3.8, 4) is 0 Å². The summed E-state index contributed by atoms with van der Waals surface area (Å²) in [5.41, 5.74) is 0.384. The van der Waals surface area contributed by atoms with E-state index in [-0.39, 0.29) is 0 Å². The predicted molar refractivity (Wildman–Crippen MR) is 46.8 cm³/mol. The lowest BCUT2D eigenvalue weighted by Crippen LogP contribution is -2.38. The molecule has 0 radical (unpaired) electrons. The zero-order chi connectivity index (χ0) is 11.5. The SMILES string of the molecule is C[C@H](NC(=O)C(F)(F)F)c1ccccn1. The molecule has 15 heavy (non-hydrogen) atoms. The van der Waals surface area contributed by atoms with Crippen LogP contribution < -0.4 is 5.32 Å². The minimum atomic E-state index is -4.86. The van der Waals surface area contributed by atoms with E-state index in [1.54, 1.807) is 18.2 Å². The maximum absolute atomic E-state index is 11.9. The number of rotatable bonds is 2. The van der Waals surface area contributed by atoms with Crippen molar-refractivity contribution in [2.75, 3.05) is 0 Å². The van der Waals surface area contributed by atoms with E-state index in [4.69, 9.17) is 0 Å². The largest absolute Gasteiger partial charge is 0.471 e. The average molecular weight is 218 g/mol. The minimum Gasteiger partial charge on any atom is -0.340 e. The molecule has 1 aromatic heterocycles. The summed E-state index contributed by atoms with van der Waals surface area (Å²) >= 11 is 0. The Labute approximate surface area is 84.3 Å². The van der Waals surface area contributed by atoms with Crippen LogP contribution in [0.25, 0.3) is 0 Å². The third-order valence-corrected chi connectivity index (χ3v) is 1.74. The fourth-order valence-electron chi connectivity index (χ4n) is 0.985. The second-order valence-corrected chi connectivity index (χ2v) is 2.95. The van der Waals surface area contributed by atoms with Crippen LogP contribution in [0.5, 0.6) is 0 Å². The van der Waals surface area contributed by atoms with Gasteiger partial charge in [0.2, 0.25) is 0 Å². The molecule has 1 aromatic rings. The first-order valence-electron chi connectivity index (χ1n) is 4.20. The van der Waals surface area contributed by atoms with Gasteiger partial charge in [-0.25, -0.2) is 0 Å². The molecule has 1 heterocycles. The first-order chi connectivity index (χ1) is 6.91. The summed E-state index contributed by atoms with van der Waals surface area (Å²) < 4.78 is 35.7. The molecule has 0 fully saturated rings. The molecule has 1 N–H and O–H groups in total. The van der Waals surface area contributed by atoms with Crippen LogP contribution in [0.3, 0.4) is 0 Å². The molecular weight excluding hydrogens is 209 g/mol. The van der Waals surface area contributed by atoms with Gasteiger partial charge in [-0.15, -0.1) is 0 Å². The van der Waals surface area contributed by atoms with E-state index in [1.807, 2.05) is 5.32 Å². The van der Waals surface area contributed by atoms with Crippen molar-refractivity contribution in [2.24, 2.45) is 0 Å². The lowest BCUT2D eigenvalue weighted by Gasteiger charge is -2.14. The van der Waals surface area contributed by atoms with Crippen LogP contribution in [0.15, 0.2) is 24.4 Å². The van der Waals surface area contributed by atoms with Gasteiger partial charge in [-0.2, -0.15) is 13.2 Å². The number of nitrogens with one attached hydrogen (secondary N) is 1. The Bertz CT molecular complexity index is 337. The van der Waals surface area contributed by atoms with E-state index in [0.717, 1.165) is 0 Å². The zero-order valence-corrected chi connectivity index (χ0v) is 7.88. The molecule has 1 atom stereocenters. The number of nitrogens with zero attached hydrogens (tertiary/aromatic N) is 1. The van der Waals surface area contributed by atoms with Gasteiger partial charge < -0.3 is 5.32 Å². The molecule has 1 rings (SSSR count). The summed E-state index contributed by atoms with van der Waals surface area (Å²) in [6.07, 6.45) is -3.41. The Hall–Kier alpha value is -1.59. The van der Waals surface area contributed by atoms with Gasteiger partial charge in [0, 0.05) is 6.20 Å². The van der Waals surface area contributed by atoms with Crippen molar-refractivity contribution < 1.29 is 18.0 Å². The molecule has 82 valence electrons. The third kappa shape index (κ3) is 3.23. The highest BCUT2D eigenvalue weighted by molar-refractivity contribution is 5.81. The monoisotopic (exact) mass is 218 g/mol. The van der Waals surface area contributed by atoms with E-state index in [2.05, 4.69) is 4.98 Å². The first kappa shape index (κ1) is 11.5. The van der Waals surface area contributed by atoms with Crippen molar-refractivity contribution >= 4 is 5.91 Å². The third-order valence-electron chi connectivity index (χ3n) is 1.74. The molecule has 0 saturated heterocycles. The van der Waals surface area contributed by atoms with E-state index >= 15 is 0 Å². The molecule has 3 nitrogen and oxygen atoms in total. The number of amides is 1. The highest BCUT2D eigenvalue weighted by atomic mass is 19.4. The van der Waals surface area contributed by atoms with E-state index in [1.165, 1.54) is 13.1 Å². The van der Waals surface area contributed by atoms with Crippen molar-refractivity contribution in [3.05, 3.63) is 30.1 Å². The highest BCUT2D eigenvalue weighted by Gasteiger charge is 2.39. The quantitative estimate of drug-likeness (QED) is 0.822. The van der Waals surface area contributed by atoms with E-state index in [9.17, 15) is 18.0 Å². The summed E-state index contributed by atoms with van der Waals surface area (Å²) in [6, 6.07) is 4.06. The van der Waals surface area contributed by atoms with Crippen LogP contribution in [0, 0.1) is 0 Å². The van der Waals surface area contributed by atoms with Crippen LogP contribution in [0.4, 0.5) is 13.2 Å². The minimum absolute atomic E-state index is 0.384. The number of alkyl halides is 3. The zero-order valence-electron chi connectivity index (χ0n) is 7.88. The lowest BCUT2D eigenvalue weighted by molar-refractivity contribution is -0.174. The molecule has 0 unspecified atom stereocenters. The van der Waals surface area contributed by atoms with Crippen LogP contribution in [0.2, 0.25) is 0 Å². The number of aromatic nitrogens is 1. The van der Waals surface area contributed by atoms with Crippen LogP contribution in [-0.2, 0) is 4.79 Å². The maximum Gasteiger partial charge on any atom is 0.471 e. The van der Waals surface area contributed by atoms with Gasteiger partial charge >= 0.3 is 12.1 Å². The summed E-state index contributed by atoms with van der Waals surface area (Å²) in [5.74, 6) is -1.96. The highest BCUT2D eigenvalue weighted by Crippen LogP contribution is 2.17. The van der Waals surface area contributed by atoms with Gasteiger partial charge in [-0.1, -0.05) is 6.07 Å². The van der Waals surface area contributed by atoms with Crippen molar-refractivity contribution in [2.45, 2.75) is 19.1 Å². The molecule has 0 aromatic carbocycles. The molecule has 0 aliphatic heterocycles. The Morgan fingerprint density at radius 1 is 1.47 bits per heavy atom. The second kappa shape index (κ2) is 4.29. The van der Waals surface area contributed by atoms with E-state index in [0.29, 0.717) is 5.69 Å². The fourth-order valence-corrected chi connectivity index (χ4v) is 0.985. The predicted octanol–water partition coefficient (Wildman–Crippen LogP) is 1.82. The van der Waals surface area contributed by atoms with Crippen molar-refractivity contribution in [3.63, 3.8) is 0 Å². The van der Waals surface area contributed by atoms with Gasteiger partial charge in [0.15, 0.2) is 0 Å². The molecule has 0 spiro atoms. The van der Waals surface area contributed by atoms with Crippen molar-refractivity contribution in [1.29, 1.82) is 0 Å². The Morgan fingerprint density at radius 3 is 2.60 bits per heavy atom. The lowest BCUT2D eigenvalue weighted by atomic mass is 10.2. The Balaban J connectivity index is 2.65. The van der Waals surface area contributed by atoms with Gasteiger partial charge in [0.1, 0.15) is 0 Å². The molecule has 0 aliphatic carbocycles. The standard InChI is InChI=1S/C9H9F3N2O/c1-6(7-4-2-3-5-13-7)14-8(15)9(10,11)12/h2-6H,1H3,(H,14,15)/t6-/m0/s1. The van der Waals surface area contributed by atoms with Crippen LogP contribution in [0.1, 0.15) is 18.7 Å². The Kier molecular flexibility index (Phi) is 3.28. The molecule has 0 bridgehead atoms. The molecular formula is C9H9F3N2O. The molecule has 1 amide bonds. The van der Waals surface area contributed by atoms with Gasteiger partial charge in [0.25, 0.3) is 0 Å². The number of carbonyl (C=O) groups excluding carboxylic acids is 1. The maximum atomic E-state index is 11.9. The smallest absolute Gasteiger partial charge is 0.340 e. The Morgan fingerprint density at radius 2 is 2.13 bits per heavy atom. The number of halogens is 3. The normalized spacial score (nSPS) is 13.3. The molecule has 6 heteroatoms. The fraction of sp³-hybridized carbons (Fsp3) is 0.333. The van der Waals surface area contributed by atoms with Gasteiger partial charge in [-0.3, -0.25) is 9.78 Å². The van der Waals surface area contributed by atoms with Crippen molar-refractivity contribution in [1.82, 2.24) is 10.3 Å². The topological polar surface area (TPSA) is 42.0 Å². The van der Waals surface area contributed by atoms with Crippen LogP contribution >= 0.6 is 0 Å². The number of carbonyl (C=O) groups is 1. The molecule has 0 saturated carbocycles.